The van der Waals surface area contributed by atoms with E-state index in [0.29, 0.717) is 10.8 Å². The highest BCUT2D eigenvalue weighted by Gasteiger charge is 2.11. The van der Waals surface area contributed by atoms with Crippen LogP contribution in [0.1, 0.15) is 19.8 Å². The van der Waals surface area contributed by atoms with Crippen molar-refractivity contribution in [3.05, 3.63) is 29.3 Å². The Morgan fingerprint density at radius 3 is 2.74 bits per heavy atom. The smallest absolute Gasteiger partial charge is 0.305 e. The maximum Gasteiger partial charge on any atom is 0.305 e. The third kappa shape index (κ3) is 6.10. The maximum atomic E-state index is 11.5. The van der Waals surface area contributed by atoms with E-state index in [4.69, 9.17) is 21.4 Å². The van der Waals surface area contributed by atoms with E-state index in [0.717, 1.165) is 0 Å². The zero-order chi connectivity index (χ0) is 14.3. The number of para-hydroxylation sites is 1. The summed E-state index contributed by atoms with van der Waals surface area (Å²) >= 11 is 5.89. The van der Waals surface area contributed by atoms with Gasteiger partial charge in [0.05, 0.1) is 24.5 Å². The number of benzene rings is 1. The summed E-state index contributed by atoms with van der Waals surface area (Å²) in [6, 6.07) is 6.59. The molecule has 0 heterocycles. The SMILES string of the molecule is CC(CC(=O)O)NC(=O)CCOc1ccccc1Cl. The van der Waals surface area contributed by atoms with Gasteiger partial charge in [0.25, 0.3) is 0 Å². The highest BCUT2D eigenvalue weighted by molar-refractivity contribution is 6.32. The minimum absolute atomic E-state index is 0.100. The van der Waals surface area contributed by atoms with Gasteiger partial charge in [0.2, 0.25) is 5.91 Å². The molecule has 104 valence electrons. The second-order valence-electron chi connectivity index (χ2n) is 4.10. The Morgan fingerprint density at radius 2 is 2.11 bits per heavy atom. The number of amides is 1. The highest BCUT2D eigenvalue weighted by Crippen LogP contribution is 2.22. The lowest BCUT2D eigenvalue weighted by Gasteiger charge is -2.12. The number of carboxylic acids is 1. The molecule has 6 heteroatoms. The number of hydrogen-bond donors (Lipinski definition) is 2. The Hall–Kier alpha value is -1.75. The average molecular weight is 286 g/mol. The number of aliphatic carboxylic acids is 1. The Kier molecular flexibility index (Phi) is 6.15. The van der Waals surface area contributed by atoms with Crippen molar-refractivity contribution in [1.29, 1.82) is 0 Å². The summed E-state index contributed by atoms with van der Waals surface area (Å²) < 4.78 is 5.36. The molecule has 0 spiro atoms. The summed E-state index contributed by atoms with van der Waals surface area (Å²) in [4.78, 5) is 21.9. The van der Waals surface area contributed by atoms with Crippen LogP contribution in [0.15, 0.2) is 24.3 Å². The molecule has 0 aliphatic heterocycles. The van der Waals surface area contributed by atoms with E-state index < -0.39 is 12.0 Å². The summed E-state index contributed by atoms with van der Waals surface area (Å²) in [6.07, 6.45) is 0.0479. The van der Waals surface area contributed by atoms with Gasteiger partial charge in [0.15, 0.2) is 0 Å². The fourth-order valence-corrected chi connectivity index (χ4v) is 1.67. The summed E-state index contributed by atoms with van der Waals surface area (Å²) in [5.74, 6) is -0.670. The lowest BCUT2D eigenvalue weighted by atomic mass is 10.2. The van der Waals surface area contributed by atoms with Gasteiger partial charge >= 0.3 is 5.97 Å². The molecule has 1 unspecified atom stereocenters. The first-order chi connectivity index (χ1) is 8.99. The first-order valence-corrected chi connectivity index (χ1v) is 6.25. The van der Waals surface area contributed by atoms with E-state index in [1.165, 1.54) is 0 Å². The molecule has 1 aromatic carbocycles. The molecule has 0 bridgehead atoms. The molecule has 0 saturated heterocycles. The van der Waals surface area contributed by atoms with Gasteiger partial charge < -0.3 is 15.2 Å². The molecule has 1 rings (SSSR count). The summed E-state index contributed by atoms with van der Waals surface area (Å²) in [7, 11) is 0. The number of carbonyl (C=O) groups excluding carboxylic acids is 1. The fourth-order valence-electron chi connectivity index (χ4n) is 1.48. The minimum atomic E-state index is -0.944. The molecule has 1 aromatic rings. The summed E-state index contributed by atoms with van der Waals surface area (Å²) in [5, 5.41) is 11.6. The molecular weight excluding hydrogens is 270 g/mol. The van der Waals surface area contributed by atoms with Crippen LogP contribution in [0.3, 0.4) is 0 Å². The number of carboxylic acid groups (broad SMARTS) is 1. The van der Waals surface area contributed by atoms with Crippen LogP contribution in [0.2, 0.25) is 5.02 Å². The van der Waals surface area contributed by atoms with Gasteiger partial charge in [-0.2, -0.15) is 0 Å². The van der Waals surface area contributed by atoms with Crippen LogP contribution in [0, 0.1) is 0 Å². The van der Waals surface area contributed by atoms with Crippen LogP contribution in [0.5, 0.6) is 5.75 Å². The van der Waals surface area contributed by atoms with E-state index in [-0.39, 0.29) is 25.4 Å². The summed E-state index contributed by atoms with van der Waals surface area (Å²) in [5.41, 5.74) is 0. The molecule has 0 aromatic heterocycles. The van der Waals surface area contributed by atoms with E-state index in [1.54, 1.807) is 31.2 Å². The van der Waals surface area contributed by atoms with Crippen molar-refractivity contribution < 1.29 is 19.4 Å². The number of halogens is 1. The molecule has 5 nitrogen and oxygen atoms in total. The van der Waals surface area contributed by atoms with Gasteiger partial charge in [0, 0.05) is 6.04 Å². The third-order valence-electron chi connectivity index (χ3n) is 2.31. The molecule has 0 radical (unpaired) electrons. The molecule has 19 heavy (non-hydrogen) atoms. The second kappa shape index (κ2) is 7.63. The first-order valence-electron chi connectivity index (χ1n) is 5.87. The van der Waals surface area contributed by atoms with E-state index >= 15 is 0 Å². The molecule has 0 fully saturated rings. The molecular formula is C13H16ClNO4. The van der Waals surface area contributed by atoms with E-state index in [2.05, 4.69) is 5.32 Å². The number of rotatable bonds is 7. The Morgan fingerprint density at radius 1 is 1.42 bits per heavy atom. The predicted octanol–water partition coefficient (Wildman–Crippen LogP) is 2.09. The lowest BCUT2D eigenvalue weighted by molar-refractivity contribution is -0.137. The number of carbonyl (C=O) groups is 2. The fraction of sp³-hybridized carbons (Fsp3) is 0.385. The van der Waals surface area contributed by atoms with Crippen LogP contribution in [0.4, 0.5) is 0 Å². The minimum Gasteiger partial charge on any atom is -0.491 e. The van der Waals surface area contributed by atoms with Crippen molar-refractivity contribution in [3.8, 4) is 5.75 Å². The van der Waals surface area contributed by atoms with E-state index in [9.17, 15) is 9.59 Å². The van der Waals surface area contributed by atoms with Gasteiger partial charge in [-0.3, -0.25) is 9.59 Å². The van der Waals surface area contributed by atoms with Gasteiger partial charge in [-0.25, -0.2) is 0 Å². The third-order valence-corrected chi connectivity index (χ3v) is 2.62. The van der Waals surface area contributed by atoms with Crippen molar-refractivity contribution in [2.75, 3.05) is 6.61 Å². The lowest BCUT2D eigenvalue weighted by Crippen LogP contribution is -2.34. The van der Waals surface area contributed by atoms with Crippen LogP contribution in [-0.4, -0.2) is 29.6 Å². The van der Waals surface area contributed by atoms with Gasteiger partial charge in [-0.15, -0.1) is 0 Å². The summed E-state index contributed by atoms with van der Waals surface area (Å²) in [6.45, 7) is 1.83. The van der Waals surface area contributed by atoms with E-state index in [1.807, 2.05) is 0 Å². The van der Waals surface area contributed by atoms with Gasteiger partial charge in [0.1, 0.15) is 5.75 Å². The van der Waals surface area contributed by atoms with Crippen LogP contribution >= 0.6 is 11.6 Å². The largest absolute Gasteiger partial charge is 0.491 e. The van der Waals surface area contributed by atoms with Crippen molar-refractivity contribution >= 4 is 23.5 Å². The Labute approximate surface area is 116 Å². The second-order valence-corrected chi connectivity index (χ2v) is 4.50. The molecule has 1 amide bonds. The number of hydrogen-bond acceptors (Lipinski definition) is 3. The Bertz CT molecular complexity index is 450. The monoisotopic (exact) mass is 285 g/mol. The zero-order valence-electron chi connectivity index (χ0n) is 10.6. The molecule has 2 N–H and O–H groups in total. The van der Waals surface area contributed by atoms with Crippen molar-refractivity contribution in [1.82, 2.24) is 5.32 Å². The Balaban J connectivity index is 2.28. The quantitative estimate of drug-likeness (QED) is 0.804. The van der Waals surface area contributed by atoms with Crippen molar-refractivity contribution in [2.24, 2.45) is 0 Å². The predicted molar refractivity (Wildman–Crippen MR) is 71.4 cm³/mol. The topological polar surface area (TPSA) is 75.6 Å². The number of ether oxygens (including phenoxy) is 1. The van der Waals surface area contributed by atoms with Crippen molar-refractivity contribution in [3.63, 3.8) is 0 Å². The maximum absolute atomic E-state index is 11.5. The van der Waals surface area contributed by atoms with Crippen LogP contribution in [-0.2, 0) is 9.59 Å². The first kappa shape index (κ1) is 15.3. The van der Waals surface area contributed by atoms with Crippen molar-refractivity contribution in [2.45, 2.75) is 25.8 Å². The van der Waals surface area contributed by atoms with Crippen LogP contribution < -0.4 is 10.1 Å². The molecule has 0 aliphatic carbocycles. The van der Waals surface area contributed by atoms with Gasteiger partial charge in [-0.1, -0.05) is 23.7 Å². The number of nitrogens with one attached hydrogen (secondary N) is 1. The standard InChI is InChI=1S/C13H16ClNO4/c1-9(8-13(17)18)15-12(16)6-7-19-11-5-3-2-4-10(11)14/h2-5,9H,6-8H2,1H3,(H,15,16)(H,17,18). The zero-order valence-corrected chi connectivity index (χ0v) is 11.3. The molecule has 0 saturated carbocycles. The molecule has 1 atom stereocenters. The molecule has 0 aliphatic rings. The normalized spacial score (nSPS) is 11.7. The highest BCUT2D eigenvalue weighted by atomic mass is 35.5. The van der Waals surface area contributed by atoms with Gasteiger partial charge in [-0.05, 0) is 19.1 Å². The van der Waals surface area contributed by atoms with Crippen LogP contribution in [0.25, 0.3) is 0 Å². The average Bonchev–Trinajstić information content (AvgIpc) is 2.30.